The minimum Gasteiger partial charge on any atom is -0.490 e. The number of para-hydroxylation sites is 2. The Bertz CT molecular complexity index is 381. The molecule has 4 nitrogen and oxygen atoms in total. The lowest BCUT2D eigenvalue weighted by molar-refractivity contribution is 0.221. The Hall–Kier alpha value is -1.26. The monoisotopic (exact) mass is 249 g/mol. The molecule has 0 spiro atoms. The number of ether oxygens (including phenoxy) is 1. The average molecular weight is 249 g/mol. The van der Waals surface area contributed by atoms with Crippen LogP contribution in [0.3, 0.4) is 0 Å². The number of nitrogen functional groups attached to an aromatic ring is 1. The van der Waals surface area contributed by atoms with Crippen LogP contribution in [0.4, 0.5) is 5.69 Å². The first-order valence-corrected chi connectivity index (χ1v) is 6.53. The topological polar surface area (TPSA) is 41.7 Å². The third-order valence-electron chi connectivity index (χ3n) is 3.56. The van der Waals surface area contributed by atoms with Crippen molar-refractivity contribution in [2.75, 3.05) is 46.1 Å². The van der Waals surface area contributed by atoms with Gasteiger partial charge >= 0.3 is 0 Å². The van der Waals surface area contributed by atoms with Crippen LogP contribution in [0.1, 0.15) is 6.42 Å². The number of hydrogen-bond acceptors (Lipinski definition) is 4. The van der Waals surface area contributed by atoms with E-state index in [1.165, 1.54) is 6.42 Å². The minimum atomic E-state index is 0.687. The van der Waals surface area contributed by atoms with E-state index < -0.39 is 0 Å². The maximum absolute atomic E-state index is 5.83. The molecule has 1 heterocycles. The van der Waals surface area contributed by atoms with Crippen LogP contribution < -0.4 is 10.5 Å². The highest BCUT2D eigenvalue weighted by molar-refractivity contribution is 5.51. The van der Waals surface area contributed by atoms with Gasteiger partial charge in [-0.15, -0.1) is 0 Å². The number of likely N-dealkylation sites (N-methyl/N-ethyl adjacent to an activating group) is 1. The van der Waals surface area contributed by atoms with Crippen LogP contribution in [-0.4, -0.2) is 56.2 Å². The molecular weight excluding hydrogens is 226 g/mol. The molecule has 100 valence electrons. The van der Waals surface area contributed by atoms with Gasteiger partial charge in [0.2, 0.25) is 0 Å². The third-order valence-corrected chi connectivity index (χ3v) is 3.56. The Kier molecular flexibility index (Phi) is 4.44. The molecular formula is C14H23N3O. The van der Waals surface area contributed by atoms with E-state index in [1.54, 1.807) is 0 Å². The SMILES string of the molecule is CN(C)C1CCN(CCOc2ccccc2N)C1. The molecule has 18 heavy (non-hydrogen) atoms. The zero-order chi connectivity index (χ0) is 13.0. The zero-order valence-electron chi connectivity index (χ0n) is 11.3. The van der Waals surface area contributed by atoms with E-state index in [4.69, 9.17) is 10.5 Å². The van der Waals surface area contributed by atoms with Gasteiger partial charge in [0, 0.05) is 19.1 Å². The molecule has 0 aliphatic carbocycles. The van der Waals surface area contributed by atoms with Gasteiger partial charge in [0.1, 0.15) is 12.4 Å². The number of hydrogen-bond donors (Lipinski definition) is 1. The summed E-state index contributed by atoms with van der Waals surface area (Å²) in [7, 11) is 4.30. The van der Waals surface area contributed by atoms with Gasteiger partial charge in [-0.3, -0.25) is 4.90 Å². The van der Waals surface area contributed by atoms with Gasteiger partial charge < -0.3 is 15.4 Å². The lowest BCUT2D eigenvalue weighted by Crippen LogP contribution is -2.33. The second-order valence-corrected chi connectivity index (χ2v) is 5.09. The quantitative estimate of drug-likeness (QED) is 0.798. The Balaban J connectivity index is 1.72. The molecule has 2 rings (SSSR count). The second-order valence-electron chi connectivity index (χ2n) is 5.09. The van der Waals surface area contributed by atoms with Crippen molar-refractivity contribution in [1.29, 1.82) is 0 Å². The fourth-order valence-electron chi connectivity index (χ4n) is 2.33. The summed E-state index contributed by atoms with van der Waals surface area (Å²) in [6.07, 6.45) is 1.25. The number of nitrogens with zero attached hydrogens (tertiary/aromatic N) is 2. The molecule has 2 N–H and O–H groups in total. The van der Waals surface area contributed by atoms with Crippen LogP contribution in [0, 0.1) is 0 Å². The van der Waals surface area contributed by atoms with E-state index >= 15 is 0 Å². The molecule has 4 heteroatoms. The molecule has 0 amide bonds. The first kappa shape index (κ1) is 13.2. The van der Waals surface area contributed by atoms with Crippen LogP contribution in [0.5, 0.6) is 5.75 Å². The van der Waals surface area contributed by atoms with Crippen LogP contribution >= 0.6 is 0 Å². The molecule has 1 aliphatic rings. The molecule has 1 aromatic carbocycles. The lowest BCUT2D eigenvalue weighted by atomic mass is 10.2. The Morgan fingerprint density at radius 3 is 2.83 bits per heavy atom. The highest BCUT2D eigenvalue weighted by Crippen LogP contribution is 2.20. The molecule has 1 atom stereocenters. The first-order valence-electron chi connectivity index (χ1n) is 6.53. The van der Waals surface area contributed by atoms with Crippen LogP contribution in [0.15, 0.2) is 24.3 Å². The fraction of sp³-hybridized carbons (Fsp3) is 0.571. The summed E-state index contributed by atoms with van der Waals surface area (Å²) in [5.41, 5.74) is 6.54. The highest BCUT2D eigenvalue weighted by atomic mass is 16.5. The maximum atomic E-state index is 5.83. The number of nitrogens with two attached hydrogens (primary N) is 1. The van der Waals surface area contributed by atoms with Gasteiger partial charge in [0.15, 0.2) is 0 Å². The first-order chi connectivity index (χ1) is 8.66. The lowest BCUT2D eigenvalue weighted by Gasteiger charge is -2.20. The zero-order valence-corrected chi connectivity index (χ0v) is 11.3. The summed E-state index contributed by atoms with van der Waals surface area (Å²) in [6.45, 7) is 3.98. The molecule has 1 aliphatic heterocycles. The smallest absolute Gasteiger partial charge is 0.142 e. The molecule has 0 bridgehead atoms. The normalized spacial score (nSPS) is 20.5. The van der Waals surface area contributed by atoms with Crippen molar-refractivity contribution in [3.63, 3.8) is 0 Å². The van der Waals surface area contributed by atoms with Gasteiger partial charge in [-0.2, -0.15) is 0 Å². The summed E-state index contributed by atoms with van der Waals surface area (Å²) < 4.78 is 5.71. The molecule has 1 saturated heterocycles. The number of rotatable bonds is 5. The third kappa shape index (κ3) is 3.37. The van der Waals surface area contributed by atoms with E-state index in [0.29, 0.717) is 18.3 Å². The van der Waals surface area contributed by atoms with Gasteiger partial charge in [-0.1, -0.05) is 12.1 Å². The highest BCUT2D eigenvalue weighted by Gasteiger charge is 2.23. The van der Waals surface area contributed by atoms with E-state index in [0.717, 1.165) is 25.4 Å². The second kappa shape index (κ2) is 6.07. The number of likely N-dealkylation sites (tertiary alicyclic amines) is 1. The summed E-state index contributed by atoms with van der Waals surface area (Å²) in [6, 6.07) is 8.34. The van der Waals surface area contributed by atoms with Crippen molar-refractivity contribution in [3.8, 4) is 5.75 Å². The summed E-state index contributed by atoms with van der Waals surface area (Å²) >= 11 is 0. The van der Waals surface area contributed by atoms with Crippen molar-refractivity contribution in [2.24, 2.45) is 0 Å². The van der Waals surface area contributed by atoms with E-state index in [2.05, 4.69) is 23.9 Å². The number of benzene rings is 1. The largest absolute Gasteiger partial charge is 0.490 e. The minimum absolute atomic E-state index is 0.687. The molecule has 1 aromatic rings. The van der Waals surface area contributed by atoms with Gasteiger partial charge in [-0.25, -0.2) is 0 Å². The predicted octanol–water partition coefficient (Wildman–Crippen LogP) is 1.28. The predicted molar refractivity (Wildman–Crippen MR) is 74.9 cm³/mol. The standard InChI is InChI=1S/C14H23N3O/c1-16(2)12-7-8-17(11-12)9-10-18-14-6-4-3-5-13(14)15/h3-6,12H,7-11,15H2,1-2H3. The Labute approximate surface area is 109 Å². The summed E-state index contributed by atoms with van der Waals surface area (Å²) in [5, 5.41) is 0. The van der Waals surface area contributed by atoms with Gasteiger partial charge in [0.25, 0.3) is 0 Å². The van der Waals surface area contributed by atoms with E-state index in [1.807, 2.05) is 24.3 Å². The van der Waals surface area contributed by atoms with Crippen molar-refractivity contribution in [2.45, 2.75) is 12.5 Å². The molecule has 0 saturated carbocycles. The van der Waals surface area contributed by atoms with Crippen molar-refractivity contribution < 1.29 is 4.74 Å². The maximum Gasteiger partial charge on any atom is 0.142 e. The summed E-state index contributed by atoms with van der Waals surface area (Å²) in [5.74, 6) is 0.792. The Morgan fingerprint density at radius 2 is 2.17 bits per heavy atom. The molecule has 1 unspecified atom stereocenters. The van der Waals surface area contributed by atoms with Crippen LogP contribution in [-0.2, 0) is 0 Å². The van der Waals surface area contributed by atoms with E-state index in [9.17, 15) is 0 Å². The molecule has 0 aromatic heterocycles. The van der Waals surface area contributed by atoms with Crippen LogP contribution in [0.2, 0.25) is 0 Å². The van der Waals surface area contributed by atoms with Crippen molar-refractivity contribution >= 4 is 5.69 Å². The van der Waals surface area contributed by atoms with Crippen molar-refractivity contribution in [3.05, 3.63) is 24.3 Å². The van der Waals surface area contributed by atoms with Crippen LogP contribution in [0.25, 0.3) is 0 Å². The molecule has 0 radical (unpaired) electrons. The van der Waals surface area contributed by atoms with E-state index in [-0.39, 0.29) is 0 Å². The van der Waals surface area contributed by atoms with Gasteiger partial charge in [0.05, 0.1) is 5.69 Å². The number of anilines is 1. The fourth-order valence-corrected chi connectivity index (χ4v) is 2.33. The average Bonchev–Trinajstić information content (AvgIpc) is 2.80. The van der Waals surface area contributed by atoms with Gasteiger partial charge in [-0.05, 0) is 39.2 Å². The van der Waals surface area contributed by atoms with Crippen molar-refractivity contribution in [1.82, 2.24) is 9.80 Å². The molecule has 1 fully saturated rings. The summed E-state index contributed by atoms with van der Waals surface area (Å²) in [4.78, 5) is 4.75. The Morgan fingerprint density at radius 1 is 1.39 bits per heavy atom.